The first-order chi connectivity index (χ1) is 10.7. The van der Waals surface area contributed by atoms with Crippen molar-refractivity contribution in [3.8, 4) is 11.1 Å². The van der Waals surface area contributed by atoms with Crippen molar-refractivity contribution in [2.24, 2.45) is 0 Å². The fourth-order valence-electron chi connectivity index (χ4n) is 3.50. The Labute approximate surface area is 147 Å². The molecule has 0 amide bonds. The van der Waals surface area contributed by atoms with Gasteiger partial charge in [-0.15, -0.1) is 0 Å². The zero-order valence-electron chi connectivity index (χ0n) is 12.1. The third kappa shape index (κ3) is 2.01. The van der Waals surface area contributed by atoms with E-state index in [0.29, 0.717) is 0 Å². The highest BCUT2D eigenvalue weighted by Crippen LogP contribution is 2.53. The number of rotatable bonds is 1. The van der Waals surface area contributed by atoms with Gasteiger partial charge in [0, 0.05) is 14.9 Å². The second kappa shape index (κ2) is 5.36. The number of benzene rings is 3. The van der Waals surface area contributed by atoms with Crippen LogP contribution < -0.4 is 0 Å². The van der Waals surface area contributed by atoms with Gasteiger partial charge < -0.3 is 0 Å². The van der Waals surface area contributed by atoms with Crippen LogP contribution in [0.1, 0.15) is 28.2 Å². The minimum absolute atomic E-state index is 0.275. The molecule has 0 heterocycles. The molecule has 0 spiro atoms. The predicted octanol–water partition coefficient (Wildman–Crippen LogP) is 6.68. The Balaban J connectivity index is 2.10. The summed E-state index contributed by atoms with van der Waals surface area (Å²) < 4.78 is 2.36. The smallest absolute Gasteiger partial charge is 0.0377 e. The molecule has 0 unspecified atom stereocenters. The average Bonchev–Trinajstić information content (AvgIpc) is 2.85. The summed E-state index contributed by atoms with van der Waals surface area (Å²) in [6, 6.07) is 21.7. The Morgan fingerprint density at radius 1 is 0.682 bits per heavy atom. The molecule has 0 saturated carbocycles. The van der Waals surface area contributed by atoms with E-state index in [2.05, 4.69) is 99.4 Å². The number of halogens is 2. The number of aryl methyl sites for hydroxylation is 1. The molecule has 0 nitrogen and oxygen atoms in total. The monoisotopic (exact) mass is 412 g/mol. The summed E-state index contributed by atoms with van der Waals surface area (Å²) in [5.41, 5.74) is 8.12. The average molecular weight is 414 g/mol. The van der Waals surface area contributed by atoms with E-state index in [0.717, 1.165) is 0 Å². The predicted molar refractivity (Wildman–Crippen MR) is 99.4 cm³/mol. The van der Waals surface area contributed by atoms with Gasteiger partial charge in [-0.2, -0.15) is 0 Å². The molecule has 2 heteroatoms. The van der Waals surface area contributed by atoms with Crippen LogP contribution in [0.15, 0.2) is 69.6 Å². The summed E-state index contributed by atoms with van der Waals surface area (Å²) in [6.45, 7) is 2.20. The Morgan fingerprint density at radius 3 is 1.77 bits per heavy atom. The van der Waals surface area contributed by atoms with Gasteiger partial charge in [-0.05, 0) is 52.4 Å². The van der Waals surface area contributed by atoms with Gasteiger partial charge in [0.05, 0.1) is 0 Å². The van der Waals surface area contributed by atoms with E-state index in [1.54, 1.807) is 0 Å². The normalized spacial score (nSPS) is 13.0. The molecule has 0 bridgehead atoms. The molecule has 0 radical (unpaired) electrons. The Bertz CT molecular complexity index is 829. The highest BCUT2D eigenvalue weighted by molar-refractivity contribution is 9.10. The minimum Gasteiger partial charge on any atom is -0.0620 e. The van der Waals surface area contributed by atoms with Crippen molar-refractivity contribution >= 4 is 31.9 Å². The highest BCUT2D eigenvalue weighted by atomic mass is 79.9. The van der Waals surface area contributed by atoms with Gasteiger partial charge in [0.15, 0.2) is 0 Å². The number of fused-ring (bicyclic) bond motifs is 3. The highest BCUT2D eigenvalue weighted by Gasteiger charge is 2.33. The van der Waals surface area contributed by atoms with Crippen LogP contribution in [0.5, 0.6) is 0 Å². The molecule has 3 aromatic carbocycles. The van der Waals surface area contributed by atoms with Gasteiger partial charge in [0.1, 0.15) is 0 Å². The Morgan fingerprint density at radius 2 is 1.23 bits per heavy atom. The van der Waals surface area contributed by atoms with Gasteiger partial charge in [0.2, 0.25) is 0 Å². The first kappa shape index (κ1) is 14.2. The van der Waals surface area contributed by atoms with E-state index >= 15 is 0 Å². The van der Waals surface area contributed by atoms with Crippen molar-refractivity contribution < 1.29 is 0 Å². The van der Waals surface area contributed by atoms with Gasteiger partial charge in [0.25, 0.3) is 0 Å². The lowest BCUT2D eigenvalue weighted by molar-refractivity contribution is 0.984. The van der Waals surface area contributed by atoms with Gasteiger partial charge >= 0.3 is 0 Å². The van der Waals surface area contributed by atoms with E-state index in [4.69, 9.17) is 0 Å². The van der Waals surface area contributed by atoms with E-state index in [9.17, 15) is 0 Å². The van der Waals surface area contributed by atoms with Crippen LogP contribution in [-0.2, 0) is 0 Å². The van der Waals surface area contributed by atoms with Crippen molar-refractivity contribution in [1.82, 2.24) is 0 Å². The van der Waals surface area contributed by atoms with E-state index in [-0.39, 0.29) is 5.92 Å². The first-order valence-electron chi connectivity index (χ1n) is 7.31. The quantitative estimate of drug-likeness (QED) is 0.326. The molecule has 4 rings (SSSR count). The molecule has 22 heavy (non-hydrogen) atoms. The second-order valence-corrected chi connectivity index (χ2v) is 7.40. The van der Waals surface area contributed by atoms with Crippen LogP contribution in [0.2, 0.25) is 0 Å². The summed E-state index contributed by atoms with van der Waals surface area (Å²) in [5, 5.41) is 0. The fourth-order valence-corrected chi connectivity index (χ4v) is 4.69. The van der Waals surface area contributed by atoms with Gasteiger partial charge in [-0.25, -0.2) is 0 Å². The molecular weight excluding hydrogens is 400 g/mol. The SMILES string of the molecule is Cc1ccccc1C1c2c(Br)cccc2-c2cccc(Br)c21. The maximum Gasteiger partial charge on any atom is 0.0377 e. The summed E-state index contributed by atoms with van der Waals surface area (Å²) in [4.78, 5) is 0. The number of hydrogen-bond donors (Lipinski definition) is 0. The summed E-state index contributed by atoms with van der Waals surface area (Å²) >= 11 is 7.56. The molecule has 0 atom stereocenters. The maximum absolute atomic E-state index is 3.78. The third-order valence-electron chi connectivity index (χ3n) is 4.47. The lowest BCUT2D eigenvalue weighted by Crippen LogP contribution is -2.03. The van der Waals surface area contributed by atoms with E-state index < -0.39 is 0 Å². The van der Waals surface area contributed by atoms with Crippen LogP contribution in [0, 0.1) is 6.92 Å². The van der Waals surface area contributed by atoms with Crippen molar-refractivity contribution in [1.29, 1.82) is 0 Å². The zero-order chi connectivity index (χ0) is 15.3. The van der Waals surface area contributed by atoms with Crippen LogP contribution in [0.4, 0.5) is 0 Å². The van der Waals surface area contributed by atoms with Crippen LogP contribution in [0.3, 0.4) is 0 Å². The third-order valence-corrected chi connectivity index (χ3v) is 5.86. The summed E-state index contributed by atoms with van der Waals surface area (Å²) in [5.74, 6) is 0.275. The van der Waals surface area contributed by atoms with Crippen molar-refractivity contribution in [3.63, 3.8) is 0 Å². The van der Waals surface area contributed by atoms with Gasteiger partial charge in [-0.3, -0.25) is 0 Å². The van der Waals surface area contributed by atoms with Crippen molar-refractivity contribution in [2.75, 3.05) is 0 Å². The molecule has 108 valence electrons. The second-order valence-electron chi connectivity index (χ2n) is 5.69. The molecule has 0 saturated heterocycles. The molecule has 1 aliphatic rings. The minimum atomic E-state index is 0.275. The van der Waals surface area contributed by atoms with Crippen molar-refractivity contribution in [3.05, 3.63) is 91.9 Å². The Kier molecular flexibility index (Phi) is 3.47. The largest absolute Gasteiger partial charge is 0.0620 e. The number of hydrogen-bond acceptors (Lipinski definition) is 0. The topological polar surface area (TPSA) is 0 Å². The van der Waals surface area contributed by atoms with Crippen molar-refractivity contribution in [2.45, 2.75) is 12.8 Å². The molecule has 0 aromatic heterocycles. The molecule has 0 aliphatic heterocycles. The molecule has 3 aromatic rings. The molecule has 0 fully saturated rings. The molecular formula is C20H14Br2. The van der Waals surface area contributed by atoms with E-state index in [1.165, 1.54) is 42.3 Å². The summed E-state index contributed by atoms with van der Waals surface area (Å²) in [6.07, 6.45) is 0. The zero-order valence-corrected chi connectivity index (χ0v) is 15.3. The molecule has 0 N–H and O–H groups in total. The lowest BCUT2D eigenvalue weighted by atomic mass is 9.87. The maximum atomic E-state index is 3.78. The Hall–Kier alpha value is -1.38. The van der Waals surface area contributed by atoms with Crippen LogP contribution in [-0.4, -0.2) is 0 Å². The van der Waals surface area contributed by atoms with Crippen LogP contribution >= 0.6 is 31.9 Å². The van der Waals surface area contributed by atoms with Gasteiger partial charge in [-0.1, -0.05) is 80.4 Å². The molecule has 1 aliphatic carbocycles. The summed E-state index contributed by atoms with van der Waals surface area (Å²) in [7, 11) is 0. The first-order valence-corrected chi connectivity index (χ1v) is 8.90. The fraction of sp³-hybridized carbons (Fsp3) is 0.100. The van der Waals surface area contributed by atoms with Crippen LogP contribution in [0.25, 0.3) is 11.1 Å². The lowest BCUT2D eigenvalue weighted by Gasteiger charge is -2.19. The van der Waals surface area contributed by atoms with E-state index in [1.807, 2.05) is 0 Å². The standard InChI is InChI=1S/C20H14Br2/c1-12-6-2-3-7-13(12)20-18-14(8-4-10-16(18)21)15-9-5-11-17(22)19(15)20/h2-11,20H,1H3.